The fraction of sp³-hybridized carbons (Fsp3) is 0.500. The number of nitrogens with one attached hydrogen (secondary N) is 1. The Morgan fingerprint density at radius 3 is 2.59 bits per heavy atom. The van der Waals surface area contributed by atoms with Crippen LogP contribution in [-0.2, 0) is 15.8 Å². The summed E-state index contributed by atoms with van der Waals surface area (Å²) in [6.45, 7) is 1.68. The van der Waals surface area contributed by atoms with Crippen LogP contribution in [0.25, 0.3) is 0 Å². The molecule has 3 rings (SSSR count). The molecule has 0 amide bonds. The molecule has 2 heterocycles. The van der Waals surface area contributed by atoms with Gasteiger partial charge in [0, 0.05) is 12.8 Å². The summed E-state index contributed by atoms with van der Waals surface area (Å²) in [5.41, 5.74) is 0.561. The van der Waals surface area contributed by atoms with E-state index in [2.05, 4.69) is 5.32 Å². The Bertz CT molecular complexity index is 684. The molecule has 3 N–H and O–H groups in total. The van der Waals surface area contributed by atoms with Crippen LogP contribution in [0.4, 0.5) is 0 Å². The number of carbonyl (C=O) groups excluding carboxylic acids is 1. The molecule has 1 spiro atoms. The molecule has 2 aliphatic rings. The topological polar surface area (TPSA) is 98.5 Å². The van der Waals surface area contributed by atoms with Crippen LogP contribution < -0.4 is 15.2 Å². The van der Waals surface area contributed by atoms with Crippen molar-refractivity contribution in [1.82, 2.24) is 5.32 Å². The molecule has 1 saturated heterocycles. The van der Waals surface area contributed by atoms with Gasteiger partial charge in [0.15, 0.2) is 5.78 Å². The zero-order chi connectivity index (χ0) is 15.1. The number of halogens is 1. The summed E-state index contributed by atoms with van der Waals surface area (Å²) in [7, 11) is -3.61. The molecule has 0 saturated carbocycles. The van der Waals surface area contributed by atoms with Crippen LogP contribution in [0, 0.1) is 0 Å². The quantitative estimate of drug-likeness (QED) is 0.831. The molecule has 0 radical (unpaired) electrons. The lowest BCUT2D eigenvalue weighted by Gasteiger charge is -2.40. The third-order valence-corrected chi connectivity index (χ3v) is 4.77. The van der Waals surface area contributed by atoms with Gasteiger partial charge in [0.05, 0.1) is 17.7 Å². The second-order valence-corrected chi connectivity index (χ2v) is 7.39. The van der Waals surface area contributed by atoms with Gasteiger partial charge in [0.25, 0.3) is 0 Å². The standard InChI is InChI=1S/C14H18N2O4S.ClH/c15-21(18,19)9-10-1-2-13-11(7-10)12(17)8-14(20-13)3-5-16-6-4-14;/h1-2,7,16H,3-6,8-9H2,(H2,15,18,19);1H. The van der Waals surface area contributed by atoms with Crippen molar-refractivity contribution in [1.29, 1.82) is 0 Å². The van der Waals surface area contributed by atoms with Crippen LogP contribution in [0.3, 0.4) is 0 Å². The van der Waals surface area contributed by atoms with Crippen molar-refractivity contribution in [2.45, 2.75) is 30.6 Å². The maximum atomic E-state index is 12.4. The van der Waals surface area contributed by atoms with Gasteiger partial charge in [0.1, 0.15) is 11.4 Å². The van der Waals surface area contributed by atoms with Gasteiger partial charge >= 0.3 is 0 Å². The number of hydrogen-bond donors (Lipinski definition) is 2. The molecule has 8 heteroatoms. The van der Waals surface area contributed by atoms with Crippen molar-refractivity contribution in [2.75, 3.05) is 13.1 Å². The van der Waals surface area contributed by atoms with E-state index in [9.17, 15) is 13.2 Å². The predicted octanol–water partition coefficient (Wildman–Crippen LogP) is 0.984. The van der Waals surface area contributed by atoms with Crippen LogP contribution >= 0.6 is 12.4 Å². The molecule has 0 aromatic heterocycles. The van der Waals surface area contributed by atoms with Gasteiger partial charge in [-0.25, -0.2) is 13.6 Å². The number of nitrogens with two attached hydrogens (primary N) is 1. The number of fused-ring (bicyclic) bond motifs is 1. The summed E-state index contributed by atoms with van der Waals surface area (Å²) in [6, 6.07) is 4.91. The van der Waals surface area contributed by atoms with E-state index in [4.69, 9.17) is 9.88 Å². The zero-order valence-electron chi connectivity index (χ0n) is 12.0. The van der Waals surface area contributed by atoms with E-state index in [-0.39, 0.29) is 23.9 Å². The molecule has 2 aliphatic heterocycles. The Morgan fingerprint density at radius 1 is 1.27 bits per heavy atom. The minimum Gasteiger partial charge on any atom is -0.486 e. The molecule has 1 aromatic rings. The van der Waals surface area contributed by atoms with Gasteiger partial charge < -0.3 is 10.1 Å². The van der Waals surface area contributed by atoms with Crippen LogP contribution in [0.5, 0.6) is 5.75 Å². The first-order valence-corrected chi connectivity index (χ1v) is 8.65. The average molecular weight is 347 g/mol. The smallest absolute Gasteiger partial charge is 0.213 e. The van der Waals surface area contributed by atoms with Crippen molar-refractivity contribution < 1.29 is 17.9 Å². The van der Waals surface area contributed by atoms with E-state index in [1.54, 1.807) is 18.2 Å². The summed E-state index contributed by atoms with van der Waals surface area (Å²) in [4.78, 5) is 12.4. The van der Waals surface area contributed by atoms with Crippen molar-refractivity contribution in [2.24, 2.45) is 5.14 Å². The molecule has 6 nitrogen and oxygen atoms in total. The van der Waals surface area contributed by atoms with Crippen molar-refractivity contribution in [3.05, 3.63) is 29.3 Å². The minimum absolute atomic E-state index is 0. The molecule has 1 aromatic carbocycles. The molecule has 1 fully saturated rings. The molecule has 0 atom stereocenters. The SMILES string of the molecule is Cl.NS(=O)(=O)Cc1ccc2c(c1)C(=O)CC1(CCNCC1)O2. The number of ketones is 1. The third-order valence-electron chi connectivity index (χ3n) is 4.04. The van der Waals surface area contributed by atoms with Gasteiger partial charge in [-0.1, -0.05) is 6.07 Å². The number of ether oxygens (including phenoxy) is 1. The number of rotatable bonds is 2. The second kappa shape index (κ2) is 6.16. The highest BCUT2D eigenvalue weighted by Gasteiger charge is 2.41. The summed E-state index contributed by atoms with van der Waals surface area (Å²) in [5, 5.41) is 8.30. The summed E-state index contributed by atoms with van der Waals surface area (Å²) >= 11 is 0. The van der Waals surface area contributed by atoms with Crippen molar-refractivity contribution in [3.63, 3.8) is 0 Å². The number of hydrogen-bond acceptors (Lipinski definition) is 5. The van der Waals surface area contributed by atoms with Gasteiger partial charge in [-0.15, -0.1) is 12.4 Å². The number of carbonyl (C=O) groups is 1. The van der Waals surface area contributed by atoms with Crippen LogP contribution in [0.15, 0.2) is 18.2 Å². The van der Waals surface area contributed by atoms with Crippen molar-refractivity contribution in [3.8, 4) is 5.75 Å². The molecular weight excluding hydrogens is 328 g/mol. The molecule has 0 bridgehead atoms. The van der Waals surface area contributed by atoms with E-state index in [1.165, 1.54) is 0 Å². The monoisotopic (exact) mass is 346 g/mol. The normalized spacial score (nSPS) is 20.0. The lowest BCUT2D eigenvalue weighted by atomic mass is 9.83. The Balaban J connectivity index is 0.00000176. The number of benzene rings is 1. The maximum absolute atomic E-state index is 12.4. The highest BCUT2D eigenvalue weighted by atomic mass is 35.5. The number of piperidine rings is 1. The predicted molar refractivity (Wildman–Crippen MR) is 84.9 cm³/mol. The summed E-state index contributed by atoms with van der Waals surface area (Å²) < 4.78 is 28.4. The average Bonchev–Trinajstić information content (AvgIpc) is 2.39. The van der Waals surface area contributed by atoms with E-state index in [1.807, 2.05) is 0 Å². The zero-order valence-corrected chi connectivity index (χ0v) is 13.6. The highest BCUT2D eigenvalue weighted by Crippen LogP contribution is 2.38. The fourth-order valence-corrected chi connectivity index (χ4v) is 3.67. The Kier molecular flexibility index (Phi) is 4.81. The van der Waals surface area contributed by atoms with Gasteiger partial charge in [-0.2, -0.15) is 0 Å². The summed E-state index contributed by atoms with van der Waals surface area (Å²) in [5.74, 6) is 0.281. The maximum Gasteiger partial charge on any atom is 0.213 e. The van der Waals surface area contributed by atoms with Gasteiger partial charge in [0.2, 0.25) is 10.0 Å². The Hall–Kier alpha value is -1.15. The minimum atomic E-state index is -3.61. The first-order chi connectivity index (χ1) is 9.87. The van der Waals surface area contributed by atoms with Crippen molar-refractivity contribution >= 4 is 28.2 Å². The summed E-state index contributed by atoms with van der Waals surface area (Å²) in [6.07, 6.45) is 1.95. The molecule has 0 unspecified atom stereocenters. The number of sulfonamides is 1. The van der Waals surface area contributed by atoms with Gasteiger partial charge in [-0.3, -0.25) is 4.79 Å². The lowest BCUT2D eigenvalue weighted by molar-refractivity contribution is 0.0187. The lowest BCUT2D eigenvalue weighted by Crippen LogP contribution is -2.49. The van der Waals surface area contributed by atoms with Gasteiger partial charge in [-0.05, 0) is 30.8 Å². The van der Waals surface area contributed by atoms with E-state index in [0.717, 1.165) is 25.9 Å². The Morgan fingerprint density at radius 2 is 1.95 bits per heavy atom. The molecule has 0 aliphatic carbocycles. The molecule has 122 valence electrons. The van der Waals surface area contributed by atoms with E-state index >= 15 is 0 Å². The van der Waals surface area contributed by atoms with Crippen LogP contribution in [0.1, 0.15) is 35.2 Å². The third kappa shape index (κ3) is 3.60. The largest absolute Gasteiger partial charge is 0.486 e. The first-order valence-electron chi connectivity index (χ1n) is 6.93. The highest BCUT2D eigenvalue weighted by molar-refractivity contribution is 7.88. The van der Waals surface area contributed by atoms with E-state index < -0.39 is 15.6 Å². The molecule has 22 heavy (non-hydrogen) atoms. The number of primary sulfonamides is 1. The van der Waals surface area contributed by atoms with E-state index in [0.29, 0.717) is 23.3 Å². The van der Waals surface area contributed by atoms with Crippen LogP contribution in [0.2, 0.25) is 0 Å². The van der Waals surface area contributed by atoms with Crippen LogP contribution in [-0.4, -0.2) is 32.9 Å². The molecular formula is C14H19ClN2O4S. The number of Topliss-reactive ketones (excluding diaryl/α,β-unsaturated/α-hetero) is 1. The Labute approximate surface area is 135 Å². The second-order valence-electron chi connectivity index (χ2n) is 5.77. The first kappa shape index (κ1) is 17.2. The fourth-order valence-electron chi connectivity index (χ4n) is 3.02.